The Kier molecular flexibility index (Phi) is 4.20. The van der Waals surface area contributed by atoms with Crippen LogP contribution in [0.1, 0.15) is 26.8 Å². The maximum absolute atomic E-state index is 12.5. The number of carbonyl (C=O) groups excluding carboxylic acids is 1. The van der Waals surface area contributed by atoms with Gasteiger partial charge in [-0.15, -0.1) is 11.3 Å². The second-order valence-electron chi connectivity index (χ2n) is 5.11. The summed E-state index contributed by atoms with van der Waals surface area (Å²) in [5.41, 5.74) is 1.45. The molecule has 7 heteroatoms. The van der Waals surface area contributed by atoms with Crippen LogP contribution in [-0.2, 0) is 4.79 Å². The van der Waals surface area contributed by atoms with Gasteiger partial charge in [-0.05, 0) is 12.5 Å². The Morgan fingerprint density at radius 3 is 2.83 bits per heavy atom. The SMILES string of the molecule is Cc1cccc([C@@H](NC(=O)c2scc3c2OCCO3)C(=O)O)c1. The van der Waals surface area contributed by atoms with Crippen molar-refractivity contribution in [1.82, 2.24) is 5.32 Å². The summed E-state index contributed by atoms with van der Waals surface area (Å²) in [5.74, 6) is -0.705. The number of fused-ring (bicyclic) bond motifs is 1. The molecule has 1 aliphatic heterocycles. The minimum atomic E-state index is -1.12. The van der Waals surface area contributed by atoms with Gasteiger partial charge < -0.3 is 19.9 Å². The molecule has 1 atom stereocenters. The van der Waals surface area contributed by atoms with Gasteiger partial charge in [0.1, 0.15) is 18.1 Å². The normalized spacial score (nSPS) is 14.1. The molecule has 1 aliphatic rings. The van der Waals surface area contributed by atoms with Gasteiger partial charge in [-0.3, -0.25) is 4.79 Å². The van der Waals surface area contributed by atoms with Gasteiger partial charge in [0.05, 0.1) is 0 Å². The van der Waals surface area contributed by atoms with Crippen LogP contribution in [0.4, 0.5) is 0 Å². The Labute approximate surface area is 136 Å². The monoisotopic (exact) mass is 333 g/mol. The average Bonchev–Trinajstić information content (AvgIpc) is 2.96. The number of amides is 1. The van der Waals surface area contributed by atoms with Crippen LogP contribution in [0.25, 0.3) is 0 Å². The number of aryl methyl sites for hydroxylation is 1. The molecule has 3 rings (SSSR count). The van der Waals surface area contributed by atoms with Gasteiger partial charge in [-0.25, -0.2) is 4.79 Å². The minimum absolute atomic E-state index is 0.318. The molecule has 0 spiro atoms. The van der Waals surface area contributed by atoms with Crippen molar-refractivity contribution in [2.75, 3.05) is 13.2 Å². The third kappa shape index (κ3) is 3.14. The highest BCUT2D eigenvalue weighted by Gasteiger charge is 2.28. The van der Waals surface area contributed by atoms with Gasteiger partial charge in [0.2, 0.25) is 0 Å². The summed E-state index contributed by atoms with van der Waals surface area (Å²) in [7, 11) is 0. The Balaban J connectivity index is 1.85. The van der Waals surface area contributed by atoms with E-state index in [0.717, 1.165) is 5.56 Å². The molecule has 1 aromatic carbocycles. The first kappa shape index (κ1) is 15.4. The first-order valence-electron chi connectivity index (χ1n) is 7.03. The van der Waals surface area contributed by atoms with Crippen molar-refractivity contribution >= 4 is 23.2 Å². The fourth-order valence-corrected chi connectivity index (χ4v) is 3.19. The van der Waals surface area contributed by atoms with E-state index in [9.17, 15) is 14.7 Å². The number of thiophene rings is 1. The van der Waals surface area contributed by atoms with E-state index in [2.05, 4.69) is 5.32 Å². The Bertz CT molecular complexity index is 755. The van der Waals surface area contributed by atoms with Crippen molar-refractivity contribution in [2.45, 2.75) is 13.0 Å². The van der Waals surface area contributed by atoms with Crippen molar-refractivity contribution in [3.8, 4) is 11.5 Å². The number of hydrogen-bond acceptors (Lipinski definition) is 5. The molecule has 0 saturated heterocycles. The lowest BCUT2D eigenvalue weighted by Gasteiger charge is -2.18. The molecule has 23 heavy (non-hydrogen) atoms. The second kappa shape index (κ2) is 6.29. The van der Waals surface area contributed by atoms with Crippen LogP contribution in [0.3, 0.4) is 0 Å². The number of carboxylic acids is 1. The molecule has 0 unspecified atom stereocenters. The summed E-state index contributed by atoms with van der Waals surface area (Å²) < 4.78 is 10.9. The quantitative estimate of drug-likeness (QED) is 0.897. The molecule has 0 saturated carbocycles. The molecular formula is C16H15NO5S. The fraction of sp³-hybridized carbons (Fsp3) is 0.250. The zero-order chi connectivity index (χ0) is 16.4. The molecule has 0 fully saturated rings. The van der Waals surface area contributed by atoms with E-state index in [4.69, 9.17) is 9.47 Å². The Morgan fingerprint density at radius 2 is 2.09 bits per heavy atom. The smallest absolute Gasteiger partial charge is 0.330 e. The summed E-state index contributed by atoms with van der Waals surface area (Å²) in [4.78, 5) is 24.3. The number of benzene rings is 1. The lowest BCUT2D eigenvalue weighted by molar-refractivity contribution is -0.139. The number of nitrogens with one attached hydrogen (secondary N) is 1. The van der Waals surface area contributed by atoms with Crippen LogP contribution in [0.2, 0.25) is 0 Å². The van der Waals surface area contributed by atoms with Crippen molar-refractivity contribution in [1.29, 1.82) is 0 Å². The first-order chi connectivity index (χ1) is 11.1. The number of carbonyl (C=O) groups is 2. The highest BCUT2D eigenvalue weighted by molar-refractivity contribution is 7.12. The third-order valence-electron chi connectivity index (χ3n) is 3.41. The van der Waals surface area contributed by atoms with E-state index in [-0.39, 0.29) is 0 Å². The van der Waals surface area contributed by atoms with E-state index in [1.165, 1.54) is 11.3 Å². The third-order valence-corrected chi connectivity index (χ3v) is 4.34. The van der Waals surface area contributed by atoms with Gasteiger partial charge in [-0.1, -0.05) is 29.8 Å². The van der Waals surface area contributed by atoms with E-state index < -0.39 is 17.9 Å². The summed E-state index contributed by atoms with van der Waals surface area (Å²) in [6.45, 7) is 2.67. The molecule has 2 heterocycles. The molecule has 0 aliphatic carbocycles. The van der Waals surface area contributed by atoms with Crippen LogP contribution in [-0.4, -0.2) is 30.2 Å². The van der Waals surface area contributed by atoms with Gasteiger partial charge in [-0.2, -0.15) is 0 Å². The van der Waals surface area contributed by atoms with Gasteiger partial charge in [0.15, 0.2) is 17.5 Å². The predicted molar refractivity (Wildman–Crippen MR) is 84.3 cm³/mol. The van der Waals surface area contributed by atoms with Crippen LogP contribution < -0.4 is 14.8 Å². The van der Waals surface area contributed by atoms with E-state index in [0.29, 0.717) is 35.2 Å². The number of rotatable bonds is 4. The molecule has 0 bridgehead atoms. The first-order valence-corrected chi connectivity index (χ1v) is 7.91. The predicted octanol–water partition coefficient (Wildman–Crippen LogP) is 2.38. The van der Waals surface area contributed by atoms with Crippen molar-refractivity contribution < 1.29 is 24.2 Å². The van der Waals surface area contributed by atoms with Gasteiger partial charge >= 0.3 is 5.97 Å². The lowest BCUT2D eigenvalue weighted by atomic mass is 10.0. The molecule has 0 radical (unpaired) electrons. The molecule has 6 nitrogen and oxygen atoms in total. The maximum Gasteiger partial charge on any atom is 0.330 e. The van der Waals surface area contributed by atoms with Gasteiger partial charge in [0.25, 0.3) is 5.91 Å². The summed E-state index contributed by atoms with van der Waals surface area (Å²) in [6, 6.07) is 5.92. The molecule has 1 amide bonds. The van der Waals surface area contributed by atoms with Crippen molar-refractivity contribution in [2.24, 2.45) is 0 Å². The number of aliphatic carboxylic acids is 1. The molecule has 1 aromatic heterocycles. The zero-order valence-corrected chi connectivity index (χ0v) is 13.2. The second-order valence-corrected chi connectivity index (χ2v) is 5.99. The van der Waals surface area contributed by atoms with Crippen LogP contribution >= 0.6 is 11.3 Å². The lowest BCUT2D eigenvalue weighted by Crippen LogP contribution is -2.33. The topological polar surface area (TPSA) is 84.9 Å². The van der Waals surface area contributed by atoms with Gasteiger partial charge in [0, 0.05) is 5.38 Å². The van der Waals surface area contributed by atoms with E-state index >= 15 is 0 Å². The summed E-state index contributed by atoms with van der Waals surface area (Å²) >= 11 is 1.17. The molecule has 2 N–H and O–H groups in total. The Morgan fingerprint density at radius 1 is 1.30 bits per heavy atom. The molecule has 120 valence electrons. The van der Waals surface area contributed by atoms with Crippen molar-refractivity contribution in [3.05, 3.63) is 45.6 Å². The summed E-state index contributed by atoms with van der Waals surface area (Å²) in [6.07, 6.45) is 0. The number of carboxylic acid groups (broad SMARTS) is 1. The molecule has 2 aromatic rings. The van der Waals surface area contributed by atoms with Crippen LogP contribution in [0.5, 0.6) is 11.5 Å². The van der Waals surface area contributed by atoms with E-state index in [1.807, 2.05) is 13.0 Å². The standard InChI is InChI=1S/C16H15NO5S/c1-9-3-2-4-10(7-9)12(16(19)20)17-15(18)14-13-11(8-23-14)21-5-6-22-13/h2-4,7-8,12H,5-6H2,1H3,(H,17,18)(H,19,20)/t12-/m1/s1. The maximum atomic E-state index is 12.5. The molecular weight excluding hydrogens is 318 g/mol. The highest BCUT2D eigenvalue weighted by Crippen LogP contribution is 2.39. The summed E-state index contributed by atoms with van der Waals surface area (Å²) in [5, 5.41) is 13.7. The average molecular weight is 333 g/mol. The van der Waals surface area contributed by atoms with Crippen molar-refractivity contribution in [3.63, 3.8) is 0 Å². The van der Waals surface area contributed by atoms with E-state index in [1.54, 1.807) is 23.6 Å². The minimum Gasteiger partial charge on any atom is -0.485 e. The fourth-order valence-electron chi connectivity index (χ4n) is 2.35. The number of hydrogen-bond donors (Lipinski definition) is 2. The van der Waals surface area contributed by atoms with Crippen LogP contribution in [0, 0.1) is 6.92 Å². The highest BCUT2D eigenvalue weighted by atomic mass is 32.1. The zero-order valence-electron chi connectivity index (χ0n) is 12.4. The number of ether oxygens (including phenoxy) is 2. The largest absolute Gasteiger partial charge is 0.485 e. The van der Waals surface area contributed by atoms with Crippen LogP contribution in [0.15, 0.2) is 29.6 Å². The Hall–Kier alpha value is -2.54.